The minimum Gasteiger partial charge on any atom is -0.493 e. The zero-order valence-corrected chi connectivity index (χ0v) is 18.1. The van der Waals surface area contributed by atoms with E-state index in [1.165, 1.54) is 16.7 Å². The summed E-state index contributed by atoms with van der Waals surface area (Å²) in [5, 5.41) is 4.03. The topological polar surface area (TPSA) is 50.8 Å². The maximum atomic E-state index is 12.7. The molecule has 1 heterocycles. The number of methoxy groups -OCH3 is 2. The number of ether oxygens (including phenoxy) is 2. The number of carbonyl (C=O) groups is 1. The van der Waals surface area contributed by atoms with Gasteiger partial charge in [0.25, 0.3) is 5.91 Å². The van der Waals surface area contributed by atoms with Gasteiger partial charge in [0.1, 0.15) is 4.32 Å². The van der Waals surface area contributed by atoms with E-state index in [0.29, 0.717) is 30.8 Å². The second-order valence-corrected chi connectivity index (χ2v) is 8.18. The maximum absolute atomic E-state index is 12.7. The van der Waals surface area contributed by atoms with Crippen LogP contribution in [0.2, 0.25) is 10.0 Å². The van der Waals surface area contributed by atoms with E-state index in [2.05, 4.69) is 5.32 Å². The molecule has 0 unspecified atom stereocenters. The summed E-state index contributed by atoms with van der Waals surface area (Å²) in [6, 6.07) is 10.6. The lowest BCUT2D eigenvalue weighted by atomic mass is 10.2. The van der Waals surface area contributed by atoms with Crippen LogP contribution in [0.1, 0.15) is 5.56 Å². The normalized spacial score (nSPS) is 15.3. The third-order valence-electron chi connectivity index (χ3n) is 3.94. The first-order valence-corrected chi connectivity index (χ1v) is 10.1. The van der Waals surface area contributed by atoms with Gasteiger partial charge in [0.05, 0.1) is 35.8 Å². The summed E-state index contributed by atoms with van der Waals surface area (Å²) < 4.78 is 11.0. The molecule has 1 aliphatic rings. The second-order valence-electron chi connectivity index (χ2n) is 5.69. The van der Waals surface area contributed by atoms with Gasteiger partial charge in [-0.05, 0) is 42.0 Å². The molecule has 0 radical (unpaired) electrons. The second kappa shape index (κ2) is 9.05. The third kappa shape index (κ3) is 4.55. The van der Waals surface area contributed by atoms with Gasteiger partial charge in [0.2, 0.25) is 0 Å². The Balaban J connectivity index is 1.74. The molecule has 1 fully saturated rings. The Labute approximate surface area is 182 Å². The SMILES string of the molecule is COc1ccc(/C=C2\SC(=S)N(CNc3ccc(Cl)c(Cl)c3)C2=O)cc1OC. The summed E-state index contributed by atoms with van der Waals surface area (Å²) in [4.78, 5) is 14.8. The van der Waals surface area contributed by atoms with Crippen LogP contribution in [-0.4, -0.2) is 36.0 Å². The van der Waals surface area contributed by atoms with E-state index in [-0.39, 0.29) is 12.6 Å². The molecule has 146 valence electrons. The van der Waals surface area contributed by atoms with E-state index in [4.69, 9.17) is 44.9 Å². The van der Waals surface area contributed by atoms with Crippen molar-refractivity contribution in [2.45, 2.75) is 0 Å². The zero-order valence-electron chi connectivity index (χ0n) is 15.0. The predicted octanol–water partition coefficient (Wildman–Crippen LogP) is 5.28. The lowest BCUT2D eigenvalue weighted by molar-refractivity contribution is -0.121. The molecule has 2 aromatic rings. The van der Waals surface area contributed by atoms with Crippen LogP contribution in [0.15, 0.2) is 41.3 Å². The highest BCUT2D eigenvalue weighted by atomic mass is 35.5. The van der Waals surface area contributed by atoms with E-state index in [1.54, 1.807) is 50.6 Å². The summed E-state index contributed by atoms with van der Waals surface area (Å²) in [5.41, 5.74) is 1.56. The van der Waals surface area contributed by atoms with Gasteiger partial charge in [-0.3, -0.25) is 9.69 Å². The van der Waals surface area contributed by atoms with Crippen molar-refractivity contribution in [3.05, 3.63) is 56.9 Å². The average molecular weight is 455 g/mol. The van der Waals surface area contributed by atoms with Crippen LogP contribution < -0.4 is 14.8 Å². The van der Waals surface area contributed by atoms with Crippen molar-refractivity contribution >= 4 is 69.2 Å². The summed E-state index contributed by atoms with van der Waals surface area (Å²) in [6.45, 7) is 0.228. The van der Waals surface area contributed by atoms with Crippen LogP contribution in [0, 0.1) is 0 Å². The molecule has 0 spiro atoms. The average Bonchev–Trinajstić information content (AvgIpc) is 2.95. The first-order chi connectivity index (χ1) is 13.4. The number of benzene rings is 2. The molecule has 5 nitrogen and oxygen atoms in total. The number of anilines is 1. The number of halogens is 2. The smallest absolute Gasteiger partial charge is 0.267 e. The number of thioether (sulfide) groups is 1. The molecule has 28 heavy (non-hydrogen) atoms. The molecule has 2 aromatic carbocycles. The predicted molar refractivity (Wildman–Crippen MR) is 120 cm³/mol. The largest absolute Gasteiger partial charge is 0.493 e. The lowest BCUT2D eigenvalue weighted by Gasteiger charge is -2.16. The fourth-order valence-electron chi connectivity index (χ4n) is 2.51. The summed E-state index contributed by atoms with van der Waals surface area (Å²) in [6.07, 6.45) is 1.78. The highest BCUT2D eigenvalue weighted by Gasteiger charge is 2.31. The number of hydrogen-bond acceptors (Lipinski definition) is 6. The molecule has 1 saturated heterocycles. The molecule has 3 rings (SSSR count). The fourth-order valence-corrected chi connectivity index (χ4v) is 4.06. The standard InChI is InChI=1S/C19H16Cl2N2O3S2/c1-25-15-6-3-11(7-16(15)26-2)8-17-18(24)23(19(27)28-17)10-22-12-4-5-13(20)14(21)9-12/h3-9,22H,10H2,1-2H3/b17-8-. The Kier molecular flexibility index (Phi) is 6.72. The van der Waals surface area contributed by atoms with Crippen LogP contribution in [0.4, 0.5) is 5.69 Å². The van der Waals surface area contributed by atoms with Crippen LogP contribution in [0.5, 0.6) is 11.5 Å². The van der Waals surface area contributed by atoms with E-state index in [9.17, 15) is 4.79 Å². The molecule has 1 N–H and O–H groups in total. The van der Waals surface area contributed by atoms with Gasteiger partial charge >= 0.3 is 0 Å². The minimum absolute atomic E-state index is 0.169. The molecule has 0 atom stereocenters. The monoisotopic (exact) mass is 454 g/mol. The van der Waals surface area contributed by atoms with Crippen molar-refractivity contribution in [2.24, 2.45) is 0 Å². The Morgan fingerprint density at radius 3 is 2.54 bits per heavy atom. The number of carbonyl (C=O) groups excluding carboxylic acids is 1. The number of thiocarbonyl (C=S) groups is 1. The summed E-state index contributed by atoms with van der Waals surface area (Å²) >= 11 is 18.5. The molecule has 0 aliphatic carbocycles. The van der Waals surface area contributed by atoms with Crippen LogP contribution >= 0.6 is 47.2 Å². The van der Waals surface area contributed by atoms with E-state index in [1.807, 2.05) is 6.07 Å². The van der Waals surface area contributed by atoms with Crippen molar-refractivity contribution in [1.82, 2.24) is 4.90 Å². The highest BCUT2D eigenvalue weighted by molar-refractivity contribution is 8.26. The van der Waals surface area contributed by atoms with Gasteiger partial charge in [0, 0.05) is 5.69 Å². The Morgan fingerprint density at radius 1 is 1.11 bits per heavy atom. The van der Waals surface area contributed by atoms with Gasteiger partial charge in [-0.15, -0.1) is 0 Å². The Morgan fingerprint density at radius 2 is 1.86 bits per heavy atom. The molecule has 0 saturated carbocycles. The first-order valence-electron chi connectivity index (χ1n) is 8.09. The number of rotatable bonds is 6. The Bertz CT molecular complexity index is 966. The number of nitrogens with one attached hydrogen (secondary N) is 1. The maximum Gasteiger partial charge on any atom is 0.267 e. The van der Waals surface area contributed by atoms with Gasteiger partial charge < -0.3 is 14.8 Å². The van der Waals surface area contributed by atoms with Crippen molar-refractivity contribution in [3.8, 4) is 11.5 Å². The van der Waals surface area contributed by atoms with Crippen molar-refractivity contribution < 1.29 is 14.3 Å². The minimum atomic E-state index is -0.169. The van der Waals surface area contributed by atoms with Crippen molar-refractivity contribution in [2.75, 3.05) is 26.2 Å². The van der Waals surface area contributed by atoms with Gasteiger partial charge in [-0.25, -0.2) is 0 Å². The zero-order chi connectivity index (χ0) is 20.3. The molecule has 0 aromatic heterocycles. The molecule has 1 amide bonds. The number of hydrogen-bond donors (Lipinski definition) is 1. The lowest BCUT2D eigenvalue weighted by Crippen LogP contribution is -2.33. The summed E-state index contributed by atoms with van der Waals surface area (Å²) in [5.74, 6) is 1.04. The van der Waals surface area contributed by atoms with Gasteiger partial charge in [-0.2, -0.15) is 0 Å². The van der Waals surface area contributed by atoms with Gasteiger partial charge in [-0.1, -0.05) is 53.2 Å². The van der Waals surface area contributed by atoms with Gasteiger partial charge in [0.15, 0.2) is 11.5 Å². The van der Waals surface area contributed by atoms with E-state index < -0.39 is 0 Å². The van der Waals surface area contributed by atoms with Crippen molar-refractivity contribution in [3.63, 3.8) is 0 Å². The van der Waals surface area contributed by atoms with Crippen LogP contribution in [-0.2, 0) is 4.79 Å². The summed E-state index contributed by atoms with van der Waals surface area (Å²) in [7, 11) is 3.14. The van der Waals surface area contributed by atoms with E-state index in [0.717, 1.165) is 11.3 Å². The molecule has 9 heteroatoms. The molecule has 0 bridgehead atoms. The van der Waals surface area contributed by atoms with Crippen LogP contribution in [0.25, 0.3) is 6.08 Å². The number of amides is 1. The number of nitrogens with zero attached hydrogens (tertiary/aromatic N) is 1. The van der Waals surface area contributed by atoms with Crippen LogP contribution in [0.3, 0.4) is 0 Å². The molecular weight excluding hydrogens is 439 g/mol. The molecule has 1 aliphatic heterocycles. The first kappa shape index (κ1) is 20.8. The third-order valence-corrected chi connectivity index (χ3v) is 6.06. The fraction of sp³-hybridized carbons (Fsp3) is 0.158. The van der Waals surface area contributed by atoms with Crippen molar-refractivity contribution in [1.29, 1.82) is 0 Å². The van der Waals surface area contributed by atoms with E-state index >= 15 is 0 Å². The Hall–Kier alpha value is -1.93. The highest BCUT2D eigenvalue weighted by Crippen LogP contribution is 2.34. The molecular formula is C19H16Cl2N2O3S2. The quantitative estimate of drug-likeness (QED) is 0.473.